The van der Waals surface area contributed by atoms with Crippen molar-refractivity contribution >= 4 is 34.1 Å². The third-order valence-electron chi connectivity index (χ3n) is 5.90. The number of nitrogens with zero attached hydrogens (tertiary/aromatic N) is 4. The lowest BCUT2D eigenvalue weighted by Gasteiger charge is -2.15. The zero-order chi connectivity index (χ0) is 26.1. The predicted octanol–water partition coefficient (Wildman–Crippen LogP) is 5.28. The molecule has 0 aliphatic rings. The van der Waals surface area contributed by atoms with E-state index in [1.807, 2.05) is 24.3 Å². The van der Waals surface area contributed by atoms with Crippen LogP contribution in [-0.4, -0.2) is 39.4 Å². The number of hydrogen-bond donors (Lipinski definition) is 1. The molecule has 0 unspecified atom stereocenters. The molecule has 10 heteroatoms. The Morgan fingerprint density at radius 1 is 1.08 bits per heavy atom. The van der Waals surface area contributed by atoms with Crippen LogP contribution in [-0.2, 0) is 11.2 Å². The molecule has 0 saturated carbocycles. The lowest BCUT2D eigenvalue weighted by Crippen LogP contribution is -2.05. The van der Waals surface area contributed by atoms with Gasteiger partial charge in [-0.05, 0) is 23.8 Å². The van der Waals surface area contributed by atoms with Gasteiger partial charge in [0, 0.05) is 47.7 Å². The zero-order valence-electron chi connectivity index (χ0n) is 20.0. The summed E-state index contributed by atoms with van der Waals surface area (Å²) < 4.78 is 42.4. The van der Waals surface area contributed by atoms with Gasteiger partial charge in [0.1, 0.15) is 5.65 Å². The molecule has 3 heterocycles. The number of para-hydroxylation sites is 1. The molecule has 1 N–H and O–H groups in total. The fourth-order valence-corrected chi connectivity index (χ4v) is 4.11. The number of nitrogens with one attached hydrogen (secondary N) is 1. The second-order valence-corrected chi connectivity index (χ2v) is 8.06. The van der Waals surface area contributed by atoms with E-state index in [0.717, 1.165) is 11.6 Å². The van der Waals surface area contributed by atoms with E-state index in [-0.39, 0.29) is 46.4 Å². The predicted molar refractivity (Wildman–Crippen MR) is 135 cm³/mol. The number of hydrogen-bond acceptors (Lipinski definition) is 7. The monoisotopic (exact) mass is 501 g/mol. The van der Waals surface area contributed by atoms with Crippen LogP contribution in [0.4, 0.5) is 20.4 Å². The number of halogens is 2. The highest BCUT2D eigenvalue weighted by Gasteiger charge is 2.25. The number of anilines is 2. The quantitative estimate of drug-likeness (QED) is 0.289. The first kappa shape index (κ1) is 23.9. The van der Waals surface area contributed by atoms with Crippen LogP contribution in [0.5, 0.6) is 11.5 Å². The van der Waals surface area contributed by atoms with Crippen LogP contribution in [0.2, 0.25) is 0 Å². The van der Waals surface area contributed by atoms with E-state index in [1.165, 1.54) is 26.5 Å². The van der Waals surface area contributed by atoms with Crippen LogP contribution in [0.3, 0.4) is 0 Å². The molecule has 0 radical (unpaired) electrons. The molecule has 0 atom stereocenters. The number of rotatable bonds is 8. The average Bonchev–Trinajstić information content (AvgIpc) is 3.41. The van der Waals surface area contributed by atoms with Crippen LogP contribution in [0.25, 0.3) is 27.8 Å². The number of ether oxygens (including phenoxy) is 2. The number of carbonyl (C=O) groups excluding carboxylic acids is 1. The zero-order valence-corrected chi connectivity index (χ0v) is 20.0. The van der Waals surface area contributed by atoms with Crippen molar-refractivity contribution in [1.82, 2.24) is 19.4 Å². The van der Waals surface area contributed by atoms with Gasteiger partial charge in [-0.3, -0.25) is 9.20 Å². The van der Waals surface area contributed by atoms with Crippen molar-refractivity contribution < 1.29 is 23.0 Å². The van der Waals surface area contributed by atoms with E-state index in [1.54, 1.807) is 22.9 Å². The fraction of sp³-hybridized carbons (Fsp3) is 0.111. The van der Waals surface area contributed by atoms with Crippen molar-refractivity contribution in [3.63, 3.8) is 0 Å². The summed E-state index contributed by atoms with van der Waals surface area (Å²) in [5, 5.41) is 3.67. The Balaban J connectivity index is 1.64. The third kappa shape index (κ3) is 4.22. The first-order valence-corrected chi connectivity index (χ1v) is 11.2. The summed E-state index contributed by atoms with van der Waals surface area (Å²) in [6.07, 6.45) is 6.15. The molecule has 5 aromatic rings. The molecule has 8 nitrogen and oxygen atoms in total. The van der Waals surface area contributed by atoms with Gasteiger partial charge in [0.05, 0.1) is 19.8 Å². The van der Waals surface area contributed by atoms with Crippen LogP contribution in [0.15, 0.2) is 67.6 Å². The number of pyridine rings is 1. The fourth-order valence-electron chi connectivity index (χ4n) is 4.11. The summed E-state index contributed by atoms with van der Waals surface area (Å²) in [6, 6.07) is 10.0. The van der Waals surface area contributed by atoms with E-state index >= 15 is 8.78 Å². The van der Waals surface area contributed by atoms with Gasteiger partial charge in [-0.2, -0.15) is 4.98 Å². The summed E-state index contributed by atoms with van der Waals surface area (Å²) in [5.74, 6) is -1.93. The first-order chi connectivity index (χ1) is 17.9. The van der Waals surface area contributed by atoms with Gasteiger partial charge in [-0.1, -0.05) is 24.8 Å². The van der Waals surface area contributed by atoms with Gasteiger partial charge in [0.2, 0.25) is 5.95 Å². The van der Waals surface area contributed by atoms with E-state index in [0.29, 0.717) is 16.7 Å². The maximum atomic E-state index is 15.3. The highest BCUT2D eigenvalue weighted by Crippen LogP contribution is 2.40. The number of aromatic nitrogens is 4. The molecule has 0 bridgehead atoms. The molecular formula is C27H21F2N5O3. The van der Waals surface area contributed by atoms with Gasteiger partial charge < -0.3 is 14.8 Å². The molecule has 0 aliphatic heterocycles. The largest absolute Gasteiger partial charge is 0.494 e. The summed E-state index contributed by atoms with van der Waals surface area (Å²) in [7, 11) is 2.58. The summed E-state index contributed by atoms with van der Waals surface area (Å²) >= 11 is 0. The molecule has 0 spiro atoms. The van der Waals surface area contributed by atoms with Crippen molar-refractivity contribution in [2.45, 2.75) is 6.42 Å². The molecule has 0 amide bonds. The molecule has 0 fully saturated rings. The number of imidazole rings is 1. The lowest BCUT2D eigenvalue weighted by atomic mass is 10.0. The molecule has 37 heavy (non-hydrogen) atoms. The number of carbonyl (C=O) groups is 1. The minimum Gasteiger partial charge on any atom is -0.494 e. The Morgan fingerprint density at radius 3 is 2.51 bits per heavy atom. The summed E-state index contributed by atoms with van der Waals surface area (Å²) in [5.41, 5.74) is 2.02. The maximum Gasteiger partial charge on any atom is 0.229 e. The van der Waals surface area contributed by atoms with Gasteiger partial charge in [-0.15, -0.1) is 0 Å². The standard InChI is InChI=1S/C27H21F2N5O3/c1-4-17(35)11-15-7-5-6-8-19(15)32-27-31-14-16-12-18(26-30-9-10-34(26)25(16)33-27)22-23(28)20(36-2)13-21(37-3)24(22)29/h4-10,12-14H,1,11H2,2-3H3,(H,31,32,33). The molecule has 0 aliphatic carbocycles. The smallest absolute Gasteiger partial charge is 0.229 e. The third-order valence-corrected chi connectivity index (χ3v) is 5.90. The summed E-state index contributed by atoms with van der Waals surface area (Å²) in [4.78, 5) is 25.2. The number of benzene rings is 2. The Labute approximate surface area is 210 Å². The number of fused-ring (bicyclic) bond motifs is 3. The SMILES string of the molecule is C=CC(=O)Cc1ccccc1Nc1ncc2cc(-c3c(F)c(OC)cc(OC)c3F)c3nccn3c2n1. The minimum atomic E-state index is -0.880. The van der Waals surface area contributed by atoms with Crippen LogP contribution in [0, 0.1) is 11.6 Å². The maximum absolute atomic E-state index is 15.3. The Kier molecular flexibility index (Phi) is 6.22. The van der Waals surface area contributed by atoms with Crippen molar-refractivity contribution in [1.29, 1.82) is 0 Å². The van der Waals surface area contributed by atoms with Crippen molar-refractivity contribution in [2.75, 3.05) is 19.5 Å². The average molecular weight is 501 g/mol. The lowest BCUT2D eigenvalue weighted by molar-refractivity contribution is -0.114. The normalized spacial score (nSPS) is 11.0. The van der Waals surface area contributed by atoms with E-state index in [9.17, 15) is 4.79 Å². The highest BCUT2D eigenvalue weighted by atomic mass is 19.1. The van der Waals surface area contributed by atoms with E-state index < -0.39 is 11.6 Å². The Morgan fingerprint density at radius 2 is 1.81 bits per heavy atom. The number of ketones is 1. The van der Waals surface area contributed by atoms with Crippen LogP contribution < -0.4 is 14.8 Å². The van der Waals surface area contributed by atoms with Crippen molar-refractivity contribution in [3.05, 3.63) is 84.8 Å². The van der Waals surface area contributed by atoms with Crippen LogP contribution >= 0.6 is 0 Å². The molecule has 3 aromatic heterocycles. The van der Waals surface area contributed by atoms with E-state index in [4.69, 9.17) is 9.47 Å². The first-order valence-electron chi connectivity index (χ1n) is 11.2. The molecule has 0 saturated heterocycles. The van der Waals surface area contributed by atoms with Crippen molar-refractivity contribution in [3.8, 4) is 22.6 Å². The second kappa shape index (κ2) is 9.65. The second-order valence-electron chi connectivity index (χ2n) is 8.06. The molecule has 5 rings (SSSR count). The van der Waals surface area contributed by atoms with Gasteiger partial charge >= 0.3 is 0 Å². The Hall–Kier alpha value is -4.86. The minimum absolute atomic E-state index is 0.116. The van der Waals surface area contributed by atoms with Gasteiger partial charge in [0.15, 0.2) is 34.6 Å². The number of allylic oxidation sites excluding steroid dienone is 1. The molecular weight excluding hydrogens is 480 g/mol. The van der Waals surface area contributed by atoms with Gasteiger partial charge in [-0.25, -0.2) is 18.7 Å². The Bertz CT molecular complexity index is 1650. The molecule has 186 valence electrons. The van der Waals surface area contributed by atoms with E-state index in [2.05, 4.69) is 26.8 Å². The summed E-state index contributed by atoms with van der Waals surface area (Å²) in [6.45, 7) is 3.52. The van der Waals surface area contributed by atoms with Gasteiger partial charge in [0.25, 0.3) is 0 Å². The highest BCUT2D eigenvalue weighted by molar-refractivity contribution is 5.92. The number of methoxy groups -OCH3 is 2. The van der Waals surface area contributed by atoms with Crippen molar-refractivity contribution in [2.24, 2.45) is 0 Å². The van der Waals surface area contributed by atoms with Crippen LogP contribution in [0.1, 0.15) is 5.56 Å². The topological polar surface area (TPSA) is 90.6 Å². The molecule has 2 aromatic carbocycles.